The lowest BCUT2D eigenvalue weighted by Crippen LogP contribution is -2.34. The molecular formula is C18H22ClN3O3S. The maximum Gasteiger partial charge on any atom is 0.261 e. The number of halogens is 1. The molecule has 0 atom stereocenters. The number of hydrogen-bond acceptors (Lipinski definition) is 4. The molecule has 1 aliphatic rings. The van der Waals surface area contributed by atoms with Gasteiger partial charge in [0.05, 0.1) is 10.6 Å². The third-order valence-corrected chi connectivity index (χ3v) is 5.54. The highest BCUT2D eigenvalue weighted by Gasteiger charge is 2.21. The molecule has 0 aromatic heterocycles. The molecule has 3 N–H and O–H groups in total. The van der Waals surface area contributed by atoms with Crippen LogP contribution in [0.2, 0.25) is 0 Å². The first-order valence-corrected chi connectivity index (χ1v) is 9.72. The summed E-state index contributed by atoms with van der Waals surface area (Å²) < 4.78 is 27.3. The summed E-state index contributed by atoms with van der Waals surface area (Å²) in [5, 5.41) is 6.10. The molecule has 26 heavy (non-hydrogen) atoms. The van der Waals surface area contributed by atoms with Crippen molar-refractivity contribution in [3.05, 3.63) is 54.6 Å². The second kappa shape index (κ2) is 9.02. The predicted molar refractivity (Wildman–Crippen MR) is 105 cm³/mol. The molecule has 2 aromatic rings. The van der Waals surface area contributed by atoms with Gasteiger partial charge in [-0.3, -0.25) is 9.52 Å². The highest BCUT2D eigenvalue weighted by molar-refractivity contribution is 7.92. The van der Waals surface area contributed by atoms with E-state index in [1.807, 2.05) is 0 Å². The van der Waals surface area contributed by atoms with E-state index in [9.17, 15) is 13.2 Å². The smallest absolute Gasteiger partial charge is 0.261 e. The Morgan fingerprint density at radius 3 is 2.31 bits per heavy atom. The van der Waals surface area contributed by atoms with Crippen LogP contribution >= 0.6 is 12.4 Å². The van der Waals surface area contributed by atoms with Crippen LogP contribution in [0, 0.1) is 5.92 Å². The number of hydrogen-bond donors (Lipinski definition) is 3. The van der Waals surface area contributed by atoms with Gasteiger partial charge >= 0.3 is 0 Å². The number of piperidine rings is 1. The molecule has 0 saturated carbocycles. The van der Waals surface area contributed by atoms with Crippen molar-refractivity contribution < 1.29 is 13.2 Å². The second-order valence-corrected chi connectivity index (χ2v) is 7.70. The monoisotopic (exact) mass is 395 g/mol. The van der Waals surface area contributed by atoms with Gasteiger partial charge in [0, 0.05) is 11.6 Å². The standard InChI is InChI=1S/C18H21N3O3S.ClH/c22-18(14-9-11-19-12-10-14)20-15-5-4-6-16(13-15)21-25(23,24)17-7-2-1-3-8-17;/h1-8,13-14,19,21H,9-12H2,(H,20,22);1H. The Bertz CT molecular complexity index is 838. The maximum absolute atomic E-state index is 12.4. The Morgan fingerprint density at radius 1 is 0.962 bits per heavy atom. The molecular weight excluding hydrogens is 374 g/mol. The zero-order chi connectivity index (χ0) is 17.7. The number of nitrogens with one attached hydrogen (secondary N) is 3. The van der Waals surface area contributed by atoms with Crippen molar-refractivity contribution in [1.82, 2.24) is 5.32 Å². The van der Waals surface area contributed by atoms with Crippen molar-refractivity contribution in [2.24, 2.45) is 5.92 Å². The SMILES string of the molecule is Cl.O=C(Nc1cccc(NS(=O)(=O)c2ccccc2)c1)C1CCNCC1. The third kappa shape index (κ3) is 5.20. The predicted octanol–water partition coefficient (Wildman–Crippen LogP) is 2.85. The third-order valence-electron chi connectivity index (χ3n) is 4.15. The molecule has 0 spiro atoms. The minimum absolute atomic E-state index is 0. The summed E-state index contributed by atoms with van der Waals surface area (Å²) in [6.45, 7) is 1.68. The minimum Gasteiger partial charge on any atom is -0.326 e. The summed E-state index contributed by atoms with van der Waals surface area (Å²) in [5.41, 5.74) is 0.990. The van der Waals surface area contributed by atoms with Gasteiger partial charge in [0.2, 0.25) is 5.91 Å². The lowest BCUT2D eigenvalue weighted by atomic mass is 9.97. The largest absolute Gasteiger partial charge is 0.326 e. The van der Waals surface area contributed by atoms with Crippen molar-refractivity contribution >= 4 is 39.7 Å². The van der Waals surface area contributed by atoms with Gasteiger partial charge in [-0.05, 0) is 56.3 Å². The number of rotatable bonds is 5. The second-order valence-electron chi connectivity index (χ2n) is 6.01. The highest BCUT2D eigenvalue weighted by atomic mass is 35.5. The van der Waals surface area contributed by atoms with Gasteiger partial charge in [0.1, 0.15) is 0 Å². The number of sulfonamides is 1. The lowest BCUT2D eigenvalue weighted by Gasteiger charge is -2.21. The Morgan fingerprint density at radius 2 is 1.62 bits per heavy atom. The van der Waals surface area contributed by atoms with Crippen LogP contribution in [-0.4, -0.2) is 27.4 Å². The first-order valence-electron chi connectivity index (χ1n) is 8.24. The molecule has 0 bridgehead atoms. The van der Waals surface area contributed by atoms with E-state index < -0.39 is 10.0 Å². The van der Waals surface area contributed by atoms with Crippen LogP contribution in [0.5, 0.6) is 0 Å². The molecule has 1 fully saturated rings. The van der Waals surface area contributed by atoms with Gasteiger partial charge in [-0.25, -0.2) is 8.42 Å². The lowest BCUT2D eigenvalue weighted by molar-refractivity contribution is -0.120. The summed E-state index contributed by atoms with van der Waals surface area (Å²) >= 11 is 0. The number of benzene rings is 2. The van der Waals surface area contributed by atoms with Crippen molar-refractivity contribution in [3.8, 4) is 0 Å². The fourth-order valence-electron chi connectivity index (χ4n) is 2.80. The molecule has 6 nitrogen and oxygen atoms in total. The van der Waals surface area contributed by atoms with Gasteiger partial charge in [-0.15, -0.1) is 12.4 Å². The summed E-state index contributed by atoms with van der Waals surface area (Å²) in [5.74, 6) is -0.0320. The topological polar surface area (TPSA) is 87.3 Å². The van der Waals surface area contributed by atoms with Gasteiger partial charge in [0.15, 0.2) is 0 Å². The number of amides is 1. The van der Waals surface area contributed by atoms with Crippen molar-refractivity contribution in [2.75, 3.05) is 23.1 Å². The van der Waals surface area contributed by atoms with E-state index in [1.165, 1.54) is 12.1 Å². The fraction of sp³-hybridized carbons (Fsp3) is 0.278. The highest BCUT2D eigenvalue weighted by Crippen LogP contribution is 2.21. The minimum atomic E-state index is -3.65. The summed E-state index contributed by atoms with van der Waals surface area (Å²) in [4.78, 5) is 12.5. The molecule has 1 amide bonds. The van der Waals surface area contributed by atoms with Crippen molar-refractivity contribution in [2.45, 2.75) is 17.7 Å². The van der Waals surface area contributed by atoms with E-state index in [1.54, 1.807) is 42.5 Å². The van der Waals surface area contributed by atoms with Crippen LogP contribution < -0.4 is 15.4 Å². The first kappa shape index (κ1) is 20.2. The Kier molecular flexibility index (Phi) is 7.02. The molecule has 0 aliphatic carbocycles. The Hall–Kier alpha value is -2.09. The van der Waals surface area contributed by atoms with E-state index in [0.29, 0.717) is 11.4 Å². The van der Waals surface area contributed by atoms with Crippen LogP contribution in [0.1, 0.15) is 12.8 Å². The van der Waals surface area contributed by atoms with E-state index in [4.69, 9.17) is 0 Å². The van der Waals surface area contributed by atoms with Gasteiger partial charge in [-0.1, -0.05) is 24.3 Å². The van der Waals surface area contributed by atoms with Crippen LogP contribution in [0.15, 0.2) is 59.5 Å². The summed E-state index contributed by atoms with van der Waals surface area (Å²) in [7, 11) is -3.65. The maximum atomic E-state index is 12.4. The average Bonchev–Trinajstić information content (AvgIpc) is 2.63. The molecule has 3 rings (SSSR count). The molecule has 140 valence electrons. The van der Waals surface area contributed by atoms with Gasteiger partial charge in [0.25, 0.3) is 10.0 Å². The van der Waals surface area contributed by atoms with Crippen molar-refractivity contribution in [1.29, 1.82) is 0 Å². The van der Waals surface area contributed by atoms with E-state index in [2.05, 4.69) is 15.4 Å². The van der Waals surface area contributed by atoms with E-state index in [0.717, 1.165) is 25.9 Å². The van der Waals surface area contributed by atoms with Crippen LogP contribution in [-0.2, 0) is 14.8 Å². The van der Waals surface area contributed by atoms with E-state index in [-0.39, 0.29) is 29.1 Å². The van der Waals surface area contributed by atoms with Crippen molar-refractivity contribution in [3.63, 3.8) is 0 Å². The molecule has 0 unspecified atom stereocenters. The number of carbonyl (C=O) groups excluding carboxylic acids is 1. The van der Waals surface area contributed by atoms with Crippen LogP contribution in [0.25, 0.3) is 0 Å². The average molecular weight is 396 g/mol. The summed E-state index contributed by atoms with van der Waals surface area (Å²) in [6, 6.07) is 14.9. The summed E-state index contributed by atoms with van der Waals surface area (Å²) in [6.07, 6.45) is 1.62. The first-order chi connectivity index (χ1) is 12.0. The molecule has 2 aromatic carbocycles. The van der Waals surface area contributed by atoms with E-state index >= 15 is 0 Å². The molecule has 0 radical (unpaired) electrons. The zero-order valence-corrected chi connectivity index (χ0v) is 15.8. The van der Waals surface area contributed by atoms with Gasteiger partial charge in [-0.2, -0.15) is 0 Å². The normalized spacial score (nSPS) is 14.9. The van der Waals surface area contributed by atoms with Crippen LogP contribution in [0.3, 0.4) is 0 Å². The van der Waals surface area contributed by atoms with Gasteiger partial charge < -0.3 is 10.6 Å². The molecule has 1 saturated heterocycles. The quantitative estimate of drug-likeness (QED) is 0.726. The number of carbonyl (C=O) groups is 1. The fourth-order valence-corrected chi connectivity index (χ4v) is 3.87. The molecule has 8 heteroatoms. The van der Waals surface area contributed by atoms with Crippen LogP contribution in [0.4, 0.5) is 11.4 Å². The number of anilines is 2. The Labute approximate surface area is 159 Å². The molecule has 1 aliphatic heterocycles. The molecule has 1 heterocycles. The zero-order valence-electron chi connectivity index (χ0n) is 14.1. The Balaban J connectivity index is 0.00000243.